The predicted octanol–water partition coefficient (Wildman–Crippen LogP) is -0.620. The quantitative estimate of drug-likeness (QED) is 0.136. The standard InChI is InChI=1S/C19H20O12/c20-10-3-1-9(5-11(10)21)2-4-15(25)31-17-12(22)7-19(29,18(27)28)8-13(17)30-16(26)6-14(23)24/h1-5,12-13,17,20-22,29H,6-8H2,(H,23,24)(H,27,28)/b4-2+/t12-,13-,17+,19-/m1/s1. The first-order valence-corrected chi connectivity index (χ1v) is 8.87. The summed E-state index contributed by atoms with van der Waals surface area (Å²) in [5.74, 6) is -6.36. The molecule has 168 valence electrons. The van der Waals surface area contributed by atoms with Crippen LogP contribution in [0, 0.1) is 0 Å². The van der Waals surface area contributed by atoms with Gasteiger partial charge in [-0.2, -0.15) is 0 Å². The fourth-order valence-corrected chi connectivity index (χ4v) is 3.00. The van der Waals surface area contributed by atoms with Gasteiger partial charge in [-0.05, 0) is 23.8 Å². The highest BCUT2D eigenvalue weighted by atomic mass is 16.6. The van der Waals surface area contributed by atoms with Crippen LogP contribution in [0.4, 0.5) is 0 Å². The monoisotopic (exact) mass is 440 g/mol. The lowest BCUT2D eigenvalue weighted by Crippen LogP contribution is -2.58. The average molecular weight is 440 g/mol. The molecule has 0 spiro atoms. The fraction of sp³-hybridized carbons (Fsp3) is 0.368. The Kier molecular flexibility index (Phi) is 7.20. The molecule has 4 atom stereocenters. The molecule has 31 heavy (non-hydrogen) atoms. The molecule has 2 rings (SSSR count). The van der Waals surface area contributed by atoms with E-state index in [4.69, 9.17) is 14.6 Å². The Morgan fingerprint density at radius 2 is 1.74 bits per heavy atom. The van der Waals surface area contributed by atoms with Gasteiger partial charge in [-0.1, -0.05) is 6.07 Å². The van der Waals surface area contributed by atoms with Crippen LogP contribution in [0.2, 0.25) is 0 Å². The molecule has 12 heteroatoms. The minimum atomic E-state index is -2.49. The molecule has 12 nitrogen and oxygen atoms in total. The number of carboxylic acid groups (broad SMARTS) is 2. The van der Waals surface area contributed by atoms with Crippen LogP contribution >= 0.6 is 0 Å². The number of aliphatic hydroxyl groups excluding tert-OH is 1. The lowest BCUT2D eigenvalue weighted by Gasteiger charge is -2.40. The molecule has 1 aromatic carbocycles. The number of aliphatic carboxylic acids is 2. The van der Waals surface area contributed by atoms with Crippen molar-refractivity contribution in [3.05, 3.63) is 29.8 Å². The summed E-state index contributed by atoms with van der Waals surface area (Å²) in [4.78, 5) is 45.8. The van der Waals surface area contributed by atoms with Gasteiger partial charge in [-0.15, -0.1) is 0 Å². The highest BCUT2D eigenvalue weighted by Crippen LogP contribution is 2.33. The third-order valence-corrected chi connectivity index (χ3v) is 4.47. The van der Waals surface area contributed by atoms with E-state index in [9.17, 15) is 44.7 Å². The van der Waals surface area contributed by atoms with Gasteiger partial charge in [0.05, 0.1) is 6.10 Å². The molecule has 1 aliphatic carbocycles. The summed E-state index contributed by atoms with van der Waals surface area (Å²) in [7, 11) is 0. The van der Waals surface area contributed by atoms with Gasteiger partial charge in [0, 0.05) is 18.9 Å². The second kappa shape index (κ2) is 9.45. The Balaban J connectivity index is 2.17. The maximum absolute atomic E-state index is 12.1. The lowest BCUT2D eigenvalue weighted by atomic mass is 9.79. The molecule has 1 fully saturated rings. The molecule has 1 aromatic rings. The zero-order chi connectivity index (χ0) is 23.3. The number of phenols is 2. The highest BCUT2D eigenvalue weighted by molar-refractivity contribution is 5.90. The number of carbonyl (C=O) groups excluding carboxylic acids is 2. The number of aromatic hydroxyl groups is 2. The van der Waals surface area contributed by atoms with Gasteiger partial charge >= 0.3 is 23.9 Å². The Hall–Kier alpha value is -3.64. The highest BCUT2D eigenvalue weighted by Gasteiger charge is 2.52. The summed E-state index contributed by atoms with van der Waals surface area (Å²) in [5.41, 5.74) is -2.18. The minimum Gasteiger partial charge on any atom is -0.504 e. The van der Waals surface area contributed by atoms with E-state index in [0.29, 0.717) is 5.56 Å². The van der Waals surface area contributed by atoms with Gasteiger partial charge in [-0.25, -0.2) is 9.59 Å². The van der Waals surface area contributed by atoms with Gasteiger partial charge in [0.25, 0.3) is 0 Å². The first kappa shape index (κ1) is 23.6. The summed E-state index contributed by atoms with van der Waals surface area (Å²) < 4.78 is 9.91. The van der Waals surface area contributed by atoms with Gasteiger partial charge in [0.1, 0.15) is 12.5 Å². The first-order chi connectivity index (χ1) is 14.4. The van der Waals surface area contributed by atoms with E-state index in [0.717, 1.165) is 12.1 Å². The normalized spacial score (nSPS) is 25.7. The first-order valence-electron chi connectivity index (χ1n) is 8.87. The van der Waals surface area contributed by atoms with Crippen molar-refractivity contribution in [3.63, 3.8) is 0 Å². The van der Waals surface area contributed by atoms with E-state index in [1.165, 1.54) is 18.2 Å². The van der Waals surface area contributed by atoms with Crippen molar-refractivity contribution in [2.75, 3.05) is 0 Å². The molecule has 1 aliphatic rings. The van der Waals surface area contributed by atoms with Crippen LogP contribution in [-0.2, 0) is 28.7 Å². The largest absolute Gasteiger partial charge is 0.504 e. The predicted molar refractivity (Wildman–Crippen MR) is 98.6 cm³/mol. The van der Waals surface area contributed by atoms with Crippen molar-refractivity contribution in [1.29, 1.82) is 0 Å². The zero-order valence-electron chi connectivity index (χ0n) is 15.9. The summed E-state index contributed by atoms with van der Waals surface area (Å²) >= 11 is 0. The summed E-state index contributed by atoms with van der Waals surface area (Å²) in [5, 5.41) is 56.9. The van der Waals surface area contributed by atoms with Crippen molar-refractivity contribution in [2.24, 2.45) is 0 Å². The van der Waals surface area contributed by atoms with E-state index in [1.807, 2.05) is 0 Å². The summed E-state index contributed by atoms with van der Waals surface area (Å²) in [6, 6.07) is 3.70. The SMILES string of the molecule is O=C(O)CC(=O)O[C@@H]1C[C@@](O)(C(=O)O)C[C@@H](O)[C@@H]1OC(=O)/C=C/c1ccc(O)c(O)c1. The third-order valence-electron chi connectivity index (χ3n) is 4.47. The van der Waals surface area contributed by atoms with Gasteiger partial charge in [-0.3, -0.25) is 9.59 Å². The van der Waals surface area contributed by atoms with Crippen LogP contribution in [0.3, 0.4) is 0 Å². The van der Waals surface area contributed by atoms with Crippen LogP contribution in [0.5, 0.6) is 11.5 Å². The Morgan fingerprint density at radius 1 is 1.06 bits per heavy atom. The number of rotatable bonds is 7. The molecule has 0 radical (unpaired) electrons. The number of benzene rings is 1. The average Bonchev–Trinajstić information content (AvgIpc) is 2.64. The van der Waals surface area contributed by atoms with Crippen molar-refractivity contribution in [2.45, 2.75) is 43.2 Å². The second-order valence-corrected chi connectivity index (χ2v) is 6.89. The Labute approximate surface area is 174 Å². The number of carbonyl (C=O) groups is 4. The van der Waals surface area contributed by atoms with Crippen molar-refractivity contribution >= 4 is 30.0 Å². The van der Waals surface area contributed by atoms with Crippen molar-refractivity contribution < 1.29 is 59.3 Å². The van der Waals surface area contributed by atoms with E-state index < -0.39 is 72.8 Å². The van der Waals surface area contributed by atoms with Crippen LogP contribution in [0.15, 0.2) is 24.3 Å². The number of hydrogen-bond acceptors (Lipinski definition) is 10. The zero-order valence-corrected chi connectivity index (χ0v) is 15.9. The van der Waals surface area contributed by atoms with Gasteiger partial charge < -0.3 is 40.1 Å². The van der Waals surface area contributed by atoms with Crippen LogP contribution in [0.25, 0.3) is 6.08 Å². The molecule has 0 amide bonds. The molecular formula is C19H20O12. The van der Waals surface area contributed by atoms with E-state index >= 15 is 0 Å². The molecule has 0 heterocycles. The molecular weight excluding hydrogens is 420 g/mol. The van der Waals surface area contributed by atoms with Crippen LogP contribution < -0.4 is 0 Å². The van der Waals surface area contributed by atoms with Crippen molar-refractivity contribution in [3.8, 4) is 11.5 Å². The van der Waals surface area contributed by atoms with Crippen molar-refractivity contribution in [1.82, 2.24) is 0 Å². The molecule has 0 unspecified atom stereocenters. The summed E-state index contributed by atoms with van der Waals surface area (Å²) in [6.07, 6.45) is -5.41. The molecule has 6 N–H and O–H groups in total. The molecule has 1 saturated carbocycles. The topological polar surface area (TPSA) is 208 Å². The van der Waals surface area contributed by atoms with E-state index in [2.05, 4.69) is 0 Å². The van der Waals surface area contributed by atoms with E-state index in [1.54, 1.807) is 0 Å². The fourth-order valence-electron chi connectivity index (χ4n) is 3.00. The maximum Gasteiger partial charge on any atom is 0.335 e. The van der Waals surface area contributed by atoms with Gasteiger partial charge in [0.15, 0.2) is 23.2 Å². The second-order valence-electron chi connectivity index (χ2n) is 6.89. The molecule has 0 saturated heterocycles. The van der Waals surface area contributed by atoms with Crippen LogP contribution in [0.1, 0.15) is 24.8 Å². The number of carboxylic acids is 2. The minimum absolute atomic E-state index is 0.307. The maximum atomic E-state index is 12.1. The number of aliphatic hydroxyl groups is 2. The number of esters is 2. The van der Waals surface area contributed by atoms with Crippen LogP contribution in [-0.4, -0.2) is 78.4 Å². The molecule has 0 bridgehead atoms. The van der Waals surface area contributed by atoms with E-state index in [-0.39, 0.29) is 5.75 Å². The Bertz CT molecular complexity index is 907. The Morgan fingerprint density at radius 3 is 2.32 bits per heavy atom. The number of phenolic OH excluding ortho intramolecular Hbond substituents is 2. The molecule has 0 aromatic heterocycles. The summed E-state index contributed by atoms with van der Waals surface area (Å²) in [6.45, 7) is 0. The third kappa shape index (κ3) is 6.17. The number of hydrogen-bond donors (Lipinski definition) is 6. The lowest BCUT2D eigenvalue weighted by molar-refractivity contribution is -0.206. The smallest absolute Gasteiger partial charge is 0.335 e. The molecule has 0 aliphatic heterocycles. The number of ether oxygens (including phenoxy) is 2. The van der Waals surface area contributed by atoms with Gasteiger partial charge in [0.2, 0.25) is 0 Å².